The minimum atomic E-state index is -0.341. The van der Waals surface area contributed by atoms with Crippen LogP contribution < -0.4 is 10.6 Å². The SMILES string of the molecule is CCCCNc1cccc(NCC)c1[N+](=O)[O-]. The molecule has 5 heteroatoms. The molecule has 17 heavy (non-hydrogen) atoms. The zero-order valence-electron chi connectivity index (χ0n) is 10.3. The van der Waals surface area contributed by atoms with Gasteiger partial charge in [-0.05, 0) is 25.5 Å². The highest BCUT2D eigenvalue weighted by Crippen LogP contribution is 2.32. The Bertz CT molecular complexity index is 380. The highest BCUT2D eigenvalue weighted by molar-refractivity contribution is 5.76. The number of nitrogens with zero attached hydrogens (tertiary/aromatic N) is 1. The van der Waals surface area contributed by atoms with Gasteiger partial charge in [0.2, 0.25) is 0 Å². The third kappa shape index (κ3) is 3.62. The smallest absolute Gasteiger partial charge is 0.315 e. The summed E-state index contributed by atoms with van der Waals surface area (Å²) >= 11 is 0. The minimum Gasteiger partial charge on any atom is -0.380 e. The van der Waals surface area contributed by atoms with Gasteiger partial charge in [0.15, 0.2) is 0 Å². The van der Waals surface area contributed by atoms with Crippen LogP contribution in [0.5, 0.6) is 0 Å². The number of rotatable bonds is 7. The normalized spacial score (nSPS) is 10.0. The molecule has 0 saturated carbocycles. The van der Waals surface area contributed by atoms with Crippen LogP contribution in [0.2, 0.25) is 0 Å². The zero-order chi connectivity index (χ0) is 12.7. The predicted molar refractivity (Wildman–Crippen MR) is 70.7 cm³/mol. The van der Waals surface area contributed by atoms with Crippen molar-refractivity contribution < 1.29 is 4.92 Å². The number of nitro benzene ring substituents is 1. The third-order valence-electron chi connectivity index (χ3n) is 2.43. The highest BCUT2D eigenvalue weighted by atomic mass is 16.6. The summed E-state index contributed by atoms with van der Waals surface area (Å²) in [6, 6.07) is 5.29. The van der Waals surface area contributed by atoms with E-state index in [9.17, 15) is 10.1 Å². The highest BCUT2D eigenvalue weighted by Gasteiger charge is 2.18. The number of nitrogens with one attached hydrogen (secondary N) is 2. The number of anilines is 2. The second-order valence-electron chi connectivity index (χ2n) is 3.77. The van der Waals surface area contributed by atoms with Crippen LogP contribution in [-0.4, -0.2) is 18.0 Å². The summed E-state index contributed by atoms with van der Waals surface area (Å²) in [6.45, 7) is 5.43. The molecule has 5 nitrogen and oxygen atoms in total. The summed E-state index contributed by atoms with van der Waals surface area (Å²) in [7, 11) is 0. The van der Waals surface area contributed by atoms with Gasteiger partial charge in [-0.1, -0.05) is 19.4 Å². The van der Waals surface area contributed by atoms with E-state index in [0.29, 0.717) is 17.9 Å². The molecular formula is C12H19N3O2. The largest absolute Gasteiger partial charge is 0.380 e. The Labute approximate surface area is 101 Å². The van der Waals surface area contributed by atoms with Crippen LogP contribution in [0.25, 0.3) is 0 Å². The molecule has 0 fully saturated rings. The molecule has 0 bridgehead atoms. The van der Waals surface area contributed by atoms with Crippen molar-refractivity contribution in [3.8, 4) is 0 Å². The molecular weight excluding hydrogens is 218 g/mol. The maximum Gasteiger partial charge on any atom is 0.315 e. The summed E-state index contributed by atoms with van der Waals surface area (Å²) in [4.78, 5) is 10.7. The molecule has 94 valence electrons. The number of benzene rings is 1. The van der Waals surface area contributed by atoms with Crippen LogP contribution in [0.15, 0.2) is 18.2 Å². The first-order valence-electron chi connectivity index (χ1n) is 5.95. The number of hydrogen-bond acceptors (Lipinski definition) is 4. The predicted octanol–water partition coefficient (Wildman–Crippen LogP) is 3.24. The molecule has 0 radical (unpaired) electrons. The molecule has 1 aromatic carbocycles. The lowest BCUT2D eigenvalue weighted by atomic mass is 10.2. The second kappa shape index (κ2) is 6.73. The standard InChI is InChI=1S/C12H19N3O2/c1-3-5-9-14-11-8-6-7-10(13-4-2)12(11)15(16)17/h6-8,13-14H,3-5,9H2,1-2H3. The van der Waals surface area contributed by atoms with E-state index in [0.717, 1.165) is 19.4 Å². The Kier molecular flexibility index (Phi) is 5.26. The molecule has 0 atom stereocenters. The fraction of sp³-hybridized carbons (Fsp3) is 0.500. The topological polar surface area (TPSA) is 67.2 Å². The van der Waals surface area contributed by atoms with E-state index < -0.39 is 0 Å². The fourth-order valence-corrected chi connectivity index (χ4v) is 1.62. The number of unbranched alkanes of at least 4 members (excludes halogenated alkanes) is 1. The fourth-order valence-electron chi connectivity index (χ4n) is 1.62. The molecule has 0 aliphatic rings. The first-order chi connectivity index (χ1) is 8.20. The van der Waals surface area contributed by atoms with Gasteiger partial charge in [-0.2, -0.15) is 0 Å². The second-order valence-corrected chi connectivity index (χ2v) is 3.77. The molecule has 0 amide bonds. The van der Waals surface area contributed by atoms with E-state index in [1.54, 1.807) is 12.1 Å². The summed E-state index contributed by atoms with van der Waals surface area (Å²) in [6.07, 6.45) is 2.07. The third-order valence-corrected chi connectivity index (χ3v) is 2.43. The van der Waals surface area contributed by atoms with Gasteiger partial charge in [-0.3, -0.25) is 10.1 Å². The van der Waals surface area contributed by atoms with Crippen molar-refractivity contribution in [3.05, 3.63) is 28.3 Å². The van der Waals surface area contributed by atoms with E-state index in [1.807, 2.05) is 13.0 Å². The van der Waals surface area contributed by atoms with Crippen LogP contribution in [0.1, 0.15) is 26.7 Å². The van der Waals surface area contributed by atoms with Gasteiger partial charge < -0.3 is 10.6 Å². The van der Waals surface area contributed by atoms with Crippen molar-refractivity contribution in [3.63, 3.8) is 0 Å². The molecule has 0 spiro atoms. The van der Waals surface area contributed by atoms with E-state index in [-0.39, 0.29) is 10.6 Å². The number of nitro groups is 1. The van der Waals surface area contributed by atoms with Gasteiger partial charge in [-0.15, -0.1) is 0 Å². The molecule has 2 N–H and O–H groups in total. The van der Waals surface area contributed by atoms with Crippen molar-refractivity contribution in [1.29, 1.82) is 0 Å². The van der Waals surface area contributed by atoms with Crippen molar-refractivity contribution in [1.82, 2.24) is 0 Å². The van der Waals surface area contributed by atoms with E-state index >= 15 is 0 Å². The van der Waals surface area contributed by atoms with Crippen LogP contribution in [0.4, 0.5) is 17.1 Å². The minimum absolute atomic E-state index is 0.130. The lowest BCUT2D eigenvalue weighted by Crippen LogP contribution is -2.07. The molecule has 0 saturated heterocycles. The maximum atomic E-state index is 11.1. The Morgan fingerprint density at radius 2 is 1.88 bits per heavy atom. The van der Waals surface area contributed by atoms with Crippen LogP contribution in [-0.2, 0) is 0 Å². The summed E-state index contributed by atoms with van der Waals surface area (Å²) in [5.74, 6) is 0. The molecule has 0 heterocycles. The van der Waals surface area contributed by atoms with Crippen LogP contribution >= 0.6 is 0 Å². The van der Waals surface area contributed by atoms with Crippen molar-refractivity contribution in [2.24, 2.45) is 0 Å². The summed E-state index contributed by atoms with van der Waals surface area (Å²) in [5.41, 5.74) is 1.28. The Morgan fingerprint density at radius 3 is 2.41 bits per heavy atom. The lowest BCUT2D eigenvalue weighted by molar-refractivity contribution is -0.383. The summed E-state index contributed by atoms with van der Waals surface area (Å²) in [5, 5.41) is 17.2. The zero-order valence-corrected chi connectivity index (χ0v) is 10.3. The lowest BCUT2D eigenvalue weighted by Gasteiger charge is -2.10. The van der Waals surface area contributed by atoms with Gasteiger partial charge in [-0.25, -0.2) is 0 Å². The Balaban J connectivity index is 2.94. The van der Waals surface area contributed by atoms with Gasteiger partial charge in [0.25, 0.3) is 0 Å². The van der Waals surface area contributed by atoms with E-state index in [4.69, 9.17) is 0 Å². The van der Waals surface area contributed by atoms with E-state index in [1.165, 1.54) is 0 Å². The van der Waals surface area contributed by atoms with Gasteiger partial charge in [0.05, 0.1) is 4.92 Å². The molecule has 0 aliphatic carbocycles. The monoisotopic (exact) mass is 237 g/mol. The molecule has 1 aromatic rings. The van der Waals surface area contributed by atoms with Gasteiger partial charge in [0.1, 0.15) is 11.4 Å². The van der Waals surface area contributed by atoms with Crippen LogP contribution in [0.3, 0.4) is 0 Å². The Hall–Kier alpha value is -1.78. The first kappa shape index (κ1) is 13.3. The van der Waals surface area contributed by atoms with Gasteiger partial charge >= 0.3 is 5.69 Å². The average Bonchev–Trinajstić information content (AvgIpc) is 2.29. The van der Waals surface area contributed by atoms with Crippen molar-refractivity contribution in [2.75, 3.05) is 23.7 Å². The van der Waals surface area contributed by atoms with Crippen molar-refractivity contribution >= 4 is 17.1 Å². The van der Waals surface area contributed by atoms with Crippen LogP contribution in [0, 0.1) is 10.1 Å². The molecule has 0 unspecified atom stereocenters. The quantitative estimate of drug-likeness (QED) is 0.434. The molecule has 0 aliphatic heterocycles. The maximum absolute atomic E-state index is 11.1. The molecule has 0 aromatic heterocycles. The van der Waals surface area contributed by atoms with Crippen molar-refractivity contribution in [2.45, 2.75) is 26.7 Å². The Morgan fingerprint density at radius 1 is 1.24 bits per heavy atom. The first-order valence-corrected chi connectivity index (χ1v) is 5.95. The number of para-hydroxylation sites is 1. The number of hydrogen-bond donors (Lipinski definition) is 2. The average molecular weight is 237 g/mol. The van der Waals surface area contributed by atoms with Gasteiger partial charge in [0, 0.05) is 13.1 Å². The molecule has 1 rings (SSSR count). The summed E-state index contributed by atoms with van der Waals surface area (Å²) < 4.78 is 0. The van der Waals surface area contributed by atoms with E-state index in [2.05, 4.69) is 17.6 Å².